The molecule has 2 aromatic heterocycles. The number of thiophene rings is 1. The van der Waals surface area contributed by atoms with Crippen LogP contribution in [0.5, 0.6) is 0 Å². The molecule has 0 aliphatic carbocycles. The highest BCUT2D eigenvalue weighted by atomic mass is 35.5. The lowest BCUT2D eigenvalue weighted by Crippen LogP contribution is -2.34. The van der Waals surface area contributed by atoms with E-state index in [1.165, 1.54) is 25.1 Å². The van der Waals surface area contributed by atoms with Crippen molar-refractivity contribution < 1.29 is 30.8 Å². The Labute approximate surface area is 209 Å². The van der Waals surface area contributed by atoms with Gasteiger partial charge in [-0.25, -0.2) is 27.3 Å². The van der Waals surface area contributed by atoms with Crippen molar-refractivity contribution in [2.75, 3.05) is 5.32 Å². The lowest BCUT2D eigenvalue weighted by molar-refractivity contribution is -0.137. The Morgan fingerprint density at radius 2 is 1.83 bits per heavy atom. The van der Waals surface area contributed by atoms with E-state index in [1.807, 2.05) is 0 Å². The number of nitrogens with zero attached hydrogens (tertiary/aromatic N) is 2. The molecule has 0 radical (unpaired) electrons. The van der Waals surface area contributed by atoms with Gasteiger partial charge in [0.2, 0.25) is 0 Å². The molecule has 15 heteroatoms. The number of fused-ring (bicyclic) bond motifs is 1. The highest BCUT2D eigenvalue weighted by molar-refractivity contribution is 7.92. The van der Waals surface area contributed by atoms with E-state index in [1.54, 1.807) is 4.72 Å². The molecule has 2 amide bonds. The number of alkyl halides is 3. The van der Waals surface area contributed by atoms with Crippen LogP contribution < -0.4 is 15.6 Å². The number of rotatable bonds is 4. The van der Waals surface area contributed by atoms with Gasteiger partial charge in [-0.05, 0) is 55.5 Å². The van der Waals surface area contributed by atoms with E-state index in [9.17, 15) is 35.6 Å². The smallest absolute Gasteiger partial charge is 0.307 e. The number of halogens is 5. The lowest BCUT2D eigenvalue weighted by atomic mass is 10.1. The molecule has 0 aliphatic heterocycles. The largest absolute Gasteiger partial charge is 0.416 e. The summed E-state index contributed by atoms with van der Waals surface area (Å²) in [5, 5.41) is 1.79. The number of anilines is 1. The first kappa shape index (κ1) is 25.6. The fraction of sp³-hybridized carbons (Fsp3) is 0.0952. The predicted molar refractivity (Wildman–Crippen MR) is 126 cm³/mol. The molecular weight excluding hydrogens is 548 g/mol. The van der Waals surface area contributed by atoms with Gasteiger partial charge >= 0.3 is 12.2 Å². The third-order valence-electron chi connectivity index (χ3n) is 4.85. The molecule has 0 fully saturated rings. The molecule has 4 rings (SSSR count). The highest BCUT2D eigenvalue weighted by Crippen LogP contribution is 2.31. The number of aromatic nitrogens is 2. The van der Waals surface area contributed by atoms with Gasteiger partial charge in [-0.3, -0.25) is 9.36 Å². The van der Waals surface area contributed by atoms with Crippen LogP contribution in [-0.2, 0) is 16.2 Å². The van der Waals surface area contributed by atoms with E-state index >= 15 is 0 Å². The van der Waals surface area contributed by atoms with Gasteiger partial charge in [0, 0.05) is 5.69 Å². The van der Waals surface area contributed by atoms with Gasteiger partial charge in [-0.15, -0.1) is 11.3 Å². The van der Waals surface area contributed by atoms with E-state index in [2.05, 4.69) is 10.3 Å². The minimum absolute atomic E-state index is 0.00492. The summed E-state index contributed by atoms with van der Waals surface area (Å²) in [4.78, 5) is 29.2. The van der Waals surface area contributed by atoms with Crippen molar-refractivity contribution >= 4 is 55.6 Å². The topological polar surface area (TPSA) is 110 Å². The van der Waals surface area contributed by atoms with Crippen LogP contribution in [-0.4, -0.2) is 24.0 Å². The number of sulfonamides is 1. The minimum Gasteiger partial charge on any atom is -0.307 e. The third-order valence-corrected chi connectivity index (χ3v) is 7.90. The zero-order valence-electron chi connectivity index (χ0n) is 17.9. The molecule has 0 bridgehead atoms. The standard InChI is InChI=1S/C21H13ClF4N4O4S2/c1-10-27-15-4-2-11(21(24,25)26)8-13(15)19(31)30(10)16-5-3-12(9-14(16)23)28-20(32)29-36(33,34)18-7-6-17(22)35-18/h2-9H,1H3,(H2,28,29,32). The molecular formula is C21H13ClF4N4O4S2. The van der Waals surface area contributed by atoms with Gasteiger partial charge in [0.15, 0.2) is 0 Å². The first-order valence-corrected chi connectivity index (χ1v) is 12.4. The van der Waals surface area contributed by atoms with Crippen LogP contribution in [0, 0.1) is 12.7 Å². The number of carbonyl (C=O) groups excluding carboxylic acids is 1. The molecule has 2 N–H and O–H groups in total. The number of carbonyl (C=O) groups is 1. The molecule has 0 unspecified atom stereocenters. The fourth-order valence-electron chi connectivity index (χ4n) is 3.29. The number of aryl methyl sites for hydroxylation is 1. The maximum absolute atomic E-state index is 15.0. The van der Waals surface area contributed by atoms with Crippen LogP contribution in [0.1, 0.15) is 11.4 Å². The van der Waals surface area contributed by atoms with Crippen LogP contribution in [0.3, 0.4) is 0 Å². The van der Waals surface area contributed by atoms with Gasteiger partial charge in [0.05, 0.1) is 26.5 Å². The van der Waals surface area contributed by atoms with E-state index < -0.39 is 39.2 Å². The average Bonchev–Trinajstić information content (AvgIpc) is 3.21. The van der Waals surface area contributed by atoms with E-state index in [0.717, 1.165) is 40.2 Å². The average molecular weight is 561 g/mol. The molecule has 0 saturated carbocycles. The Kier molecular flexibility index (Phi) is 6.53. The van der Waals surface area contributed by atoms with Gasteiger partial charge in [0.25, 0.3) is 15.6 Å². The van der Waals surface area contributed by atoms with Crippen molar-refractivity contribution in [1.82, 2.24) is 14.3 Å². The first-order chi connectivity index (χ1) is 16.8. The number of nitrogens with one attached hydrogen (secondary N) is 2. The van der Waals surface area contributed by atoms with Crippen molar-refractivity contribution in [3.63, 3.8) is 0 Å². The molecule has 188 valence electrons. The summed E-state index contributed by atoms with van der Waals surface area (Å²) in [6.45, 7) is 1.37. The van der Waals surface area contributed by atoms with Crippen molar-refractivity contribution in [1.29, 1.82) is 0 Å². The maximum atomic E-state index is 15.0. The third kappa shape index (κ3) is 5.05. The molecule has 0 spiro atoms. The number of hydrogen-bond acceptors (Lipinski definition) is 6. The van der Waals surface area contributed by atoms with Gasteiger partial charge in [-0.1, -0.05) is 11.6 Å². The normalized spacial score (nSPS) is 12.1. The molecule has 0 saturated heterocycles. The second-order valence-corrected chi connectivity index (χ2v) is 10.9. The van der Waals surface area contributed by atoms with E-state index in [4.69, 9.17) is 11.6 Å². The Bertz CT molecular complexity index is 1680. The zero-order chi connectivity index (χ0) is 26.4. The van der Waals surface area contributed by atoms with Crippen LogP contribution in [0.2, 0.25) is 4.34 Å². The van der Waals surface area contributed by atoms with Crippen LogP contribution >= 0.6 is 22.9 Å². The predicted octanol–water partition coefficient (Wildman–Crippen LogP) is 5.08. The van der Waals surface area contributed by atoms with Crippen molar-refractivity contribution in [3.05, 3.63) is 80.4 Å². The van der Waals surface area contributed by atoms with E-state index in [-0.39, 0.29) is 36.6 Å². The van der Waals surface area contributed by atoms with Gasteiger partial charge in [0.1, 0.15) is 15.9 Å². The summed E-state index contributed by atoms with van der Waals surface area (Å²) in [6.07, 6.45) is -4.70. The molecule has 36 heavy (non-hydrogen) atoms. The van der Waals surface area contributed by atoms with Crippen molar-refractivity contribution in [3.8, 4) is 5.69 Å². The summed E-state index contributed by atoms with van der Waals surface area (Å²) >= 11 is 6.43. The van der Waals surface area contributed by atoms with Crippen LogP contribution in [0.15, 0.2) is 57.5 Å². The summed E-state index contributed by atoms with van der Waals surface area (Å²) in [7, 11) is -4.22. The Morgan fingerprint density at radius 3 is 2.44 bits per heavy atom. The first-order valence-electron chi connectivity index (χ1n) is 9.76. The van der Waals surface area contributed by atoms with Crippen molar-refractivity contribution in [2.24, 2.45) is 0 Å². The summed E-state index contributed by atoms with van der Waals surface area (Å²) in [6, 6.07) is 6.91. The summed E-state index contributed by atoms with van der Waals surface area (Å²) in [5.74, 6) is -1.02. The van der Waals surface area contributed by atoms with Crippen molar-refractivity contribution in [2.45, 2.75) is 17.3 Å². The monoisotopic (exact) mass is 560 g/mol. The van der Waals surface area contributed by atoms with Crippen LogP contribution in [0.4, 0.5) is 28.0 Å². The maximum Gasteiger partial charge on any atom is 0.416 e. The minimum atomic E-state index is -4.70. The second-order valence-electron chi connectivity index (χ2n) is 7.31. The zero-order valence-corrected chi connectivity index (χ0v) is 20.2. The number of hydrogen-bond donors (Lipinski definition) is 2. The molecule has 2 heterocycles. The summed E-state index contributed by atoms with van der Waals surface area (Å²) in [5.41, 5.74) is -2.48. The number of amides is 2. The molecule has 0 aliphatic rings. The molecule has 4 aromatic rings. The van der Waals surface area contributed by atoms with Gasteiger partial charge < -0.3 is 5.32 Å². The Morgan fingerprint density at radius 1 is 1.11 bits per heavy atom. The summed E-state index contributed by atoms with van der Waals surface area (Å²) < 4.78 is 81.2. The molecule has 0 atom stereocenters. The number of benzene rings is 2. The van der Waals surface area contributed by atoms with Crippen LogP contribution in [0.25, 0.3) is 16.6 Å². The fourth-order valence-corrected chi connectivity index (χ4v) is 5.68. The Balaban J connectivity index is 1.64. The Hall–Kier alpha value is -3.49. The highest BCUT2D eigenvalue weighted by Gasteiger charge is 2.31. The molecule has 8 nitrogen and oxygen atoms in total. The quantitative estimate of drug-likeness (QED) is 0.338. The van der Waals surface area contributed by atoms with Gasteiger partial charge in [-0.2, -0.15) is 13.2 Å². The van der Waals surface area contributed by atoms with E-state index in [0.29, 0.717) is 6.07 Å². The lowest BCUT2D eigenvalue weighted by Gasteiger charge is -2.14. The number of urea groups is 1. The SMILES string of the molecule is Cc1nc2ccc(C(F)(F)F)cc2c(=O)n1-c1ccc(NC(=O)NS(=O)(=O)c2ccc(Cl)s2)cc1F. The second kappa shape index (κ2) is 9.19. The molecule has 2 aromatic carbocycles.